The largest absolute Gasteiger partial charge is 0.326 e. The van der Waals surface area contributed by atoms with Crippen LogP contribution >= 0.6 is 0 Å². The van der Waals surface area contributed by atoms with Gasteiger partial charge in [-0.1, -0.05) is 0 Å². The van der Waals surface area contributed by atoms with Crippen molar-refractivity contribution in [3.63, 3.8) is 0 Å². The Morgan fingerprint density at radius 2 is 2.19 bits per heavy atom. The number of benzene rings is 1. The highest BCUT2D eigenvalue weighted by molar-refractivity contribution is 5.93. The Kier molecular flexibility index (Phi) is 5.27. The van der Waals surface area contributed by atoms with E-state index in [2.05, 4.69) is 16.0 Å². The third-order valence-electron chi connectivity index (χ3n) is 3.43. The van der Waals surface area contributed by atoms with Gasteiger partial charge >= 0.3 is 0 Å². The lowest BCUT2D eigenvalue weighted by Gasteiger charge is -2.22. The van der Waals surface area contributed by atoms with Gasteiger partial charge in [0.1, 0.15) is 5.82 Å². The van der Waals surface area contributed by atoms with Crippen molar-refractivity contribution >= 4 is 23.2 Å². The minimum Gasteiger partial charge on any atom is -0.326 e. The van der Waals surface area contributed by atoms with Crippen molar-refractivity contribution in [1.82, 2.24) is 5.32 Å². The van der Waals surface area contributed by atoms with Crippen LogP contribution in [0.15, 0.2) is 18.2 Å². The standard InChI is InChI=1S/C15H20FN3O2/c1-10(20)18-12-4-5-13(16)14(8-12)19-15(21)7-11-3-2-6-17-9-11/h4-5,8,11,17H,2-3,6-7,9H2,1H3,(H,18,20)(H,19,21). The number of anilines is 2. The van der Waals surface area contributed by atoms with Gasteiger partial charge in [-0.15, -0.1) is 0 Å². The zero-order valence-electron chi connectivity index (χ0n) is 12.0. The summed E-state index contributed by atoms with van der Waals surface area (Å²) in [7, 11) is 0. The van der Waals surface area contributed by atoms with Gasteiger partial charge in [-0.25, -0.2) is 4.39 Å². The second-order valence-electron chi connectivity index (χ2n) is 5.34. The molecule has 3 N–H and O–H groups in total. The molecule has 5 nitrogen and oxygen atoms in total. The molecule has 1 aromatic carbocycles. The van der Waals surface area contributed by atoms with Gasteiger partial charge in [0.15, 0.2) is 0 Å². The molecule has 0 spiro atoms. The molecule has 0 saturated carbocycles. The summed E-state index contributed by atoms with van der Waals surface area (Å²) in [6.45, 7) is 3.19. The Balaban J connectivity index is 1.97. The maximum atomic E-state index is 13.7. The van der Waals surface area contributed by atoms with Gasteiger partial charge < -0.3 is 16.0 Å². The van der Waals surface area contributed by atoms with Gasteiger partial charge in [0.2, 0.25) is 11.8 Å². The van der Waals surface area contributed by atoms with E-state index in [1.807, 2.05) is 0 Å². The molecule has 0 aromatic heterocycles. The third-order valence-corrected chi connectivity index (χ3v) is 3.43. The molecule has 21 heavy (non-hydrogen) atoms. The molecule has 2 rings (SSSR count). The molecular weight excluding hydrogens is 273 g/mol. The molecule has 1 aliphatic heterocycles. The minimum atomic E-state index is -0.515. The quantitative estimate of drug-likeness (QED) is 0.796. The van der Waals surface area contributed by atoms with Crippen LogP contribution in [0.4, 0.5) is 15.8 Å². The van der Waals surface area contributed by atoms with Crippen molar-refractivity contribution < 1.29 is 14.0 Å². The monoisotopic (exact) mass is 293 g/mol. The lowest BCUT2D eigenvalue weighted by atomic mass is 9.96. The molecular formula is C15H20FN3O2. The highest BCUT2D eigenvalue weighted by atomic mass is 19.1. The van der Waals surface area contributed by atoms with E-state index in [9.17, 15) is 14.0 Å². The van der Waals surface area contributed by atoms with Crippen molar-refractivity contribution in [2.24, 2.45) is 5.92 Å². The molecule has 1 unspecified atom stereocenters. The SMILES string of the molecule is CC(=O)Nc1ccc(F)c(NC(=O)CC2CCCNC2)c1. The Morgan fingerprint density at radius 3 is 2.86 bits per heavy atom. The average Bonchev–Trinajstić information content (AvgIpc) is 2.43. The number of piperidine rings is 1. The van der Waals surface area contributed by atoms with Crippen LogP contribution in [-0.2, 0) is 9.59 Å². The van der Waals surface area contributed by atoms with Crippen LogP contribution in [-0.4, -0.2) is 24.9 Å². The molecule has 2 amide bonds. The van der Waals surface area contributed by atoms with Crippen LogP contribution in [0.2, 0.25) is 0 Å². The Morgan fingerprint density at radius 1 is 1.38 bits per heavy atom. The fourth-order valence-corrected chi connectivity index (χ4v) is 2.46. The van der Waals surface area contributed by atoms with Gasteiger partial charge in [0.05, 0.1) is 5.69 Å². The summed E-state index contributed by atoms with van der Waals surface area (Å²) in [5.74, 6) is -0.672. The third kappa shape index (κ3) is 4.82. The highest BCUT2D eigenvalue weighted by Crippen LogP contribution is 2.21. The smallest absolute Gasteiger partial charge is 0.224 e. The molecule has 1 atom stereocenters. The summed E-state index contributed by atoms with van der Waals surface area (Å²) in [6.07, 6.45) is 2.44. The second kappa shape index (κ2) is 7.17. The fourth-order valence-electron chi connectivity index (χ4n) is 2.46. The molecule has 6 heteroatoms. The molecule has 0 radical (unpaired) electrons. The number of carbonyl (C=O) groups excluding carboxylic acids is 2. The molecule has 1 fully saturated rings. The van der Waals surface area contributed by atoms with E-state index >= 15 is 0 Å². The maximum Gasteiger partial charge on any atom is 0.224 e. The Bertz CT molecular complexity index is 528. The van der Waals surface area contributed by atoms with Gasteiger partial charge in [-0.2, -0.15) is 0 Å². The fraction of sp³-hybridized carbons (Fsp3) is 0.467. The maximum absolute atomic E-state index is 13.7. The zero-order chi connectivity index (χ0) is 15.2. The first-order chi connectivity index (χ1) is 10.0. The van der Waals surface area contributed by atoms with Crippen LogP contribution in [0.5, 0.6) is 0 Å². The van der Waals surface area contributed by atoms with E-state index in [1.165, 1.54) is 25.1 Å². The zero-order valence-corrected chi connectivity index (χ0v) is 12.0. The van der Waals surface area contributed by atoms with Gasteiger partial charge in [0.25, 0.3) is 0 Å². The van der Waals surface area contributed by atoms with E-state index in [1.54, 1.807) is 0 Å². The number of rotatable bonds is 4. The first-order valence-electron chi connectivity index (χ1n) is 7.12. The van der Waals surface area contributed by atoms with E-state index in [0.29, 0.717) is 18.0 Å². The first kappa shape index (κ1) is 15.4. The number of nitrogens with one attached hydrogen (secondary N) is 3. The van der Waals surface area contributed by atoms with Crippen LogP contribution in [0.3, 0.4) is 0 Å². The number of halogens is 1. The predicted molar refractivity (Wildman–Crippen MR) is 79.5 cm³/mol. The van der Waals surface area contributed by atoms with E-state index in [-0.39, 0.29) is 17.5 Å². The molecule has 1 heterocycles. The predicted octanol–water partition coefficient (Wildman–Crippen LogP) is 2.11. The van der Waals surface area contributed by atoms with E-state index < -0.39 is 5.82 Å². The first-order valence-corrected chi connectivity index (χ1v) is 7.12. The lowest BCUT2D eigenvalue weighted by molar-refractivity contribution is -0.117. The van der Waals surface area contributed by atoms with Gasteiger partial charge in [0, 0.05) is 19.0 Å². The number of amides is 2. The number of hydrogen-bond acceptors (Lipinski definition) is 3. The molecule has 0 bridgehead atoms. The molecule has 0 aliphatic carbocycles. The number of hydrogen-bond donors (Lipinski definition) is 3. The van der Waals surface area contributed by atoms with Gasteiger partial charge in [-0.05, 0) is 50.0 Å². The highest BCUT2D eigenvalue weighted by Gasteiger charge is 2.17. The minimum absolute atomic E-state index is 0.0926. The van der Waals surface area contributed by atoms with Crippen LogP contribution < -0.4 is 16.0 Å². The normalized spacial score (nSPS) is 18.1. The Hall–Kier alpha value is -1.95. The summed E-state index contributed by atoms with van der Waals surface area (Å²) in [5, 5.41) is 8.38. The summed E-state index contributed by atoms with van der Waals surface area (Å²) in [4.78, 5) is 23.0. The van der Waals surface area contributed by atoms with Crippen LogP contribution in [0.1, 0.15) is 26.2 Å². The molecule has 114 valence electrons. The molecule has 1 aliphatic rings. The van der Waals surface area contributed by atoms with Crippen LogP contribution in [0.25, 0.3) is 0 Å². The summed E-state index contributed by atoms with van der Waals surface area (Å²) < 4.78 is 13.7. The van der Waals surface area contributed by atoms with Crippen molar-refractivity contribution in [2.75, 3.05) is 23.7 Å². The van der Waals surface area contributed by atoms with Crippen molar-refractivity contribution in [3.8, 4) is 0 Å². The molecule has 1 saturated heterocycles. The summed E-state index contributed by atoms with van der Waals surface area (Å²) in [5.41, 5.74) is 0.550. The Labute approximate surface area is 123 Å². The van der Waals surface area contributed by atoms with E-state index in [4.69, 9.17) is 0 Å². The van der Waals surface area contributed by atoms with Crippen molar-refractivity contribution in [2.45, 2.75) is 26.2 Å². The summed E-state index contributed by atoms with van der Waals surface area (Å²) >= 11 is 0. The van der Waals surface area contributed by atoms with Crippen molar-refractivity contribution in [3.05, 3.63) is 24.0 Å². The van der Waals surface area contributed by atoms with Gasteiger partial charge in [-0.3, -0.25) is 9.59 Å². The average molecular weight is 293 g/mol. The topological polar surface area (TPSA) is 70.2 Å². The summed E-state index contributed by atoms with van der Waals surface area (Å²) in [6, 6.07) is 4.11. The van der Waals surface area contributed by atoms with Crippen LogP contribution in [0, 0.1) is 11.7 Å². The number of carbonyl (C=O) groups is 2. The molecule has 1 aromatic rings. The van der Waals surface area contributed by atoms with Crippen molar-refractivity contribution in [1.29, 1.82) is 0 Å². The second-order valence-corrected chi connectivity index (χ2v) is 5.34. The lowest BCUT2D eigenvalue weighted by Crippen LogP contribution is -2.32. The van der Waals surface area contributed by atoms with E-state index in [0.717, 1.165) is 25.9 Å².